The summed E-state index contributed by atoms with van der Waals surface area (Å²) in [7, 11) is 0. The zero-order chi connectivity index (χ0) is 17.4. The Kier molecular flexibility index (Phi) is 4.19. The minimum atomic E-state index is 0.0987. The molecule has 0 unspecified atom stereocenters. The van der Waals surface area contributed by atoms with Gasteiger partial charge in [-0.05, 0) is 36.6 Å². The first kappa shape index (κ1) is 16.1. The molecule has 1 saturated heterocycles. The van der Waals surface area contributed by atoms with E-state index >= 15 is 0 Å². The average molecular weight is 341 g/mol. The molecule has 0 radical (unpaired) electrons. The molecular formula is C19H23N3O3. The van der Waals surface area contributed by atoms with Crippen LogP contribution >= 0.6 is 0 Å². The number of benzene rings is 1. The van der Waals surface area contributed by atoms with Crippen molar-refractivity contribution < 1.29 is 14.1 Å². The van der Waals surface area contributed by atoms with Gasteiger partial charge in [-0.15, -0.1) is 0 Å². The minimum absolute atomic E-state index is 0.0987. The molecule has 0 N–H and O–H groups in total. The van der Waals surface area contributed by atoms with E-state index in [1.807, 2.05) is 23.1 Å². The van der Waals surface area contributed by atoms with Crippen LogP contribution in [-0.4, -0.2) is 40.6 Å². The number of hydrogen-bond donors (Lipinski definition) is 0. The average Bonchev–Trinajstić information content (AvgIpc) is 3.30. The maximum absolute atomic E-state index is 12.8. The predicted octanol–water partition coefficient (Wildman–Crippen LogP) is 3.15. The molecule has 2 aliphatic rings. The van der Waals surface area contributed by atoms with E-state index in [0.717, 1.165) is 55.1 Å². The number of likely N-dealkylation sites (tertiary alicyclic amines) is 1. The van der Waals surface area contributed by atoms with Crippen LogP contribution in [0.1, 0.15) is 66.2 Å². The third-order valence-corrected chi connectivity index (χ3v) is 5.04. The lowest BCUT2D eigenvalue weighted by Gasteiger charge is -2.30. The number of carbonyl (C=O) groups is 1. The lowest BCUT2D eigenvalue weighted by Crippen LogP contribution is -2.38. The van der Waals surface area contributed by atoms with Gasteiger partial charge in [-0.25, -0.2) is 0 Å². The molecule has 0 aliphatic carbocycles. The number of carbonyl (C=O) groups excluding carboxylic acids is 1. The first-order valence-electron chi connectivity index (χ1n) is 9.00. The largest absolute Gasteiger partial charge is 0.493 e. The molecule has 1 amide bonds. The molecule has 3 heterocycles. The fraction of sp³-hybridized carbons (Fsp3) is 0.526. The highest BCUT2D eigenvalue weighted by molar-refractivity contribution is 5.94. The topological polar surface area (TPSA) is 68.5 Å². The summed E-state index contributed by atoms with van der Waals surface area (Å²) in [4.78, 5) is 19.2. The summed E-state index contributed by atoms with van der Waals surface area (Å²) in [5.74, 6) is 2.99. The number of rotatable bonds is 3. The molecule has 0 saturated carbocycles. The molecule has 4 rings (SSSR count). The number of hydrogen-bond acceptors (Lipinski definition) is 5. The Bertz CT molecular complexity index is 776. The van der Waals surface area contributed by atoms with Gasteiger partial charge in [0, 0.05) is 36.9 Å². The van der Waals surface area contributed by atoms with Gasteiger partial charge in [-0.3, -0.25) is 4.79 Å². The molecule has 0 bridgehead atoms. The Labute approximate surface area is 147 Å². The third kappa shape index (κ3) is 3.13. The molecule has 1 aromatic heterocycles. The molecule has 25 heavy (non-hydrogen) atoms. The number of amides is 1. The van der Waals surface area contributed by atoms with Gasteiger partial charge in [0.1, 0.15) is 5.75 Å². The first-order chi connectivity index (χ1) is 12.1. The van der Waals surface area contributed by atoms with Crippen molar-refractivity contribution in [2.45, 2.75) is 44.9 Å². The van der Waals surface area contributed by atoms with E-state index in [2.05, 4.69) is 24.0 Å². The number of aromatic nitrogens is 2. The smallest absolute Gasteiger partial charge is 0.253 e. The van der Waals surface area contributed by atoms with E-state index in [1.165, 1.54) is 0 Å². The Balaban J connectivity index is 1.40. The highest BCUT2D eigenvalue weighted by Crippen LogP contribution is 2.30. The Morgan fingerprint density at radius 2 is 2.08 bits per heavy atom. The highest BCUT2D eigenvalue weighted by Gasteiger charge is 2.28. The monoisotopic (exact) mass is 341 g/mol. The molecule has 1 aromatic carbocycles. The zero-order valence-corrected chi connectivity index (χ0v) is 14.7. The van der Waals surface area contributed by atoms with E-state index in [9.17, 15) is 4.79 Å². The van der Waals surface area contributed by atoms with Crippen molar-refractivity contribution in [2.75, 3.05) is 19.7 Å². The van der Waals surface area contributed by atoms with Crippen molar-refractivity contribution in [3.63, 3.8) is 0 Å². The second-order valence-electron chi connectivity index (χ2n) is 7.13. The summed E-state index contributed by atoms with van der Waals surface area (Å²) in [6, 6.07) is 5.75. The van der Waals surface area contributed by atoms with Crippen LogP contribution in [0.3, 0.4) is 0 Å². The lowest BCUT2D eigenvalue weighted by molar-refractivity contribution is 0.0704. The van der Waals surface area contributed by atoms with Crippen LogP contribution in [0.4, 0.5) is 0 Å². The molecular weight excluding hydrogens is 318 g/mol. The summed E-state index contributed by atoms with van der Waals surface area (Å²) >= 11 is 0. The SMILES string of the molecule is CC(C)c1noc(C2CCN(C(=O)c3ccc4c(c3)CCO4)CC2)n1. The maximum atomic E-state index is 12.8. The van der Waals surface area contributed by atoms with Crippen molar-refractivity contribution in [1.82, 2.24) is 15.0 Å². The number of nitrogens with zero attached hydrogens (tertiary/aromatic N) is 3. The van der Waals surface area contributed by atoms with E-state index in [4.69, 9.17) is 9.26 Å². The van der Waals surface area contributed by atoms with Crippen molar-refractivity contribution in [2.24, 2.45) is 0 Å². The number of piperidine rings is 1. The van der Waals surface area contributed by atoms with Gasteiger partial charge in [0.05, 0.1) is 6.61 Å². The summed E-state index contributed by atoms with van der Waals surface area (Å²) in [5, 5.41) is 4.05. The summed E-state index contributed by atoms with van der Waals surface area (Å²) in [5.41, 5.74) is 1.88. The van der Waals surface area contributed by atoms with Gasteiger partial charge < -0.3 is 14.2 Å². The Morgan fingerprint density at radius 1 is 1.28 bits per heavy atom. The second-order valence-corrected chi connectivity index (χ2v) is 7.13. The van der Waals surface area contributed by atoms with Crippen LogP contribution in [0.15, 0.2) is 22.7 Å². The number of ether oxygens (including phenoxy) is 1. The first-order valence-corrected chi connectivity index (χ1v) is 9.00. The Hall–Kier alpha value is -2.37. The van der Waals surface area contributed by atoms with Crippen molar-refractivity contribution in [3.8, 4) is 5.75 Å². The molecule has 1 fully saturated rings. The standard InChI is InChI=1S/C19H23N3O3/c1-12(2)17-20-18(25-21-17)13-5-8-22(9-6-13)19(23)15-3-4-16-14(11-15)7-10-24-16/h3-4,11-13H,5-10H2,1-2H3. The van der Waals surface area contributed by atoms with E-state index in [1.54, 1.807) is 0 Å². The van der Waals surface area contributed by atoms with Gasteiger partial charge in [0.25, 0.3) is 5.91 Å². The predicted molar refractivity (Wildman–Crippen MR) is 91.9 cm³/mol. The quantitative estimate of drug-likeness (QED) is 0.858. The van der Waals surface area contributed by atoms with Crippen LogP contribution in [0, 0.1) is 0 Å². The van der Waals surface area contributed by atoms with Gasteiger partial charge in [-0.2, -0.15) is 4.98 Å². The van der Waals surface area contributed by atoms with Crippen molar-refractivity contribution in [1.29, 1.82) is 0 Å². The Morgan fingerprint density at radius 3 is 2.80 bits per heavy atom. The fourth-order valence-electron chi connectivity index (χ4n) is 3.48. The zero-order valence-electron chi connectivity index (χ0n) is 14.7. The molecule has 0 atom stereocenters. The molecule has 132 valence electrons. The lowest BCUT2D eigenvalue weighted by atomic mass is 9.96. The number of fused-ring (bicyclic) bond motifs is 1. The van der Waals surface area contributed by atoms with Gasteiger partial charge in [0.2, 0.25) is 5.89 Å². The second kappa shape index (κ2) is 6.50. The van der Waals surface area contributed by atoms with Gasteiger partial charge in [0.15, 0.2) is 5.82 Å². The van der Waals surface area contributed by atoms with Crippen LogP contribution in [0.5, 0.6) is 5.75 Å². The summed E-state index contributed by atoms with van der Waals surface area (Å²) < 4.78 is 10.9. The summed E-state index contributed by atoms with van der Waals surface area (Å²) in [6.45, 7) is 6.25. The molecule has 6 nitrogen and oxygen atoms in total. The van der Waals surface area contributed by atoms with Crippen LogP contribution in [0.25, 0.3) is 0 Å². The molecule has 6 heteroatoms. The van der Waals surface area contributed by atoms with Crippen LogP contribution < -0.4 is 4.74 Å². The fourth-order valence-corrected chi connectivity index (χ4v) is 3.48. The van der Waals surface area contributed by atoms with E-state index < -0.39 is 0 Å². The van der Waals surface area contributed by atoms with Gasteiger partial charge in [-0.1, -0.05) is 19.0 Å². The molecule has 0 spiro atoms. The van der Waals surface area contributed by atoms with Crippen molar-refractivity contribution >= 4 is 5.91 Å². The van der Waals surface area contributed by atoms with E-state index in [-0.39, 0.29) is 17.7 Å². The normalized spacial score (nSPS) is 17.6. The highest BCUT2D eigenvalue weighted by atomic mass is 16.5. The summed E-state index contributed by atoms with van der Waals surface area (Å²) in [6.07, 6.45) is 2.60. The maximum Gasteiger partial charge on any atom is 0.253 e. The third-order valence-electron chi connectivity index (χ3n) is 5.04. The molecule has 2 aromatic rings. The van der Waals surface area contributed by atoms with Crippen LogP contribution in [0.2, 0.25) is 0 Å². The van der Waals surface area contributed by atoms with Crippen molar-refractivity contribution in [3.05, 3.63) is 41.0 Å². The minimum Gasteiger partial charge on any atom is -0.493 e. The van der Waals surface area contributed by atoms with E-state index in [0.29, 0.717) is 12.5 Å². The molecule has 2 aliphatic heterocycles. The van der Waals surface area contributed by atoms with Crippen LogP contribution in [-0.2, 0) is 6.42 Å². The van der Waals surface area contributed by atoms with Gasteiger partial charge >= 0.3 is 0 Å².